The second-order valence-corrected chi connectivity index (χ2v) is 10.1. The largest absolute Gasteiger partial charge is 0.288 e. The van der Waals surface area contributed by atoms with Crippen molar-refractivity contribution in [1.82, 2.24) is 4.57 Å². The Labute approximate surface area is 219 Å². The van der Waals surface area contributed by atoms with Gasteiger partial charge >= 0.3 is 0 Å². The average molecular weight is 560 g/mol. The van der Waals surface area contributed by atoms with E-state index in [1.165, 1.54) is 34.5 Å². The molecule has 0 N–H and O–H groups in total. The van der Waals surface area contributed by atoms with E-state index >= 15 is 0 Å². The molecule has 170 valence electrons. The van der Waals surface area contributed by atoms with E-state index in [1.54, 1.807) is 11.3 Å². The molecule has 0 bridgehead atoms. The van der Waals surface area contributed by atoms with Crippen molar-refractivity contribution in [3.63, 3.8) is 0 Å². The molecule has 33 heavy (non-hydrogen) atoms. The van der Waals surface area contributed by atoms with Crippen molar-refractivity contribution >= 4 is 57.2 Å². The molecule has 0 unspecified atom stereocenters. The third-order valence-electron chi connectivity index (χ3n) is 6.57. The quantitative estimate of drug-likeness (QED) is 0.238. The van der Waals surface area contributed by atoms with E-state index < -0.39 is 0 Å². The Morgan fingerprint density at radius 2 is 1.58 bits per heavy atom. The number of rotatable bonds is 4. The van der Waals surface area contributed by atoms with E-state index in [2.05, 4.69) is 72.3 Å². The number of nitrogens with zero attached hydrogens (tertiary/aromatic N) is 2. The van der Waals surface area contributed by atoms with Crippen LogP contribution < -0.4 is 4.80 Å². The van der Waals surface area contributed by atoms with E-state index in [1.807, 2.05) is 18.2 Å². The fourth-order valence-corrected chi connectivity index (χ4v) is 5.88. The molecule has 5 rings (SSSR count). The summed E-state index contributed by atoms with van der Waals surface area (Å²) in [6.45, 7) is 4.27. The minimum absolute atomic E-state index is 0. The summed E-state index contributed by atoms with van der Waals surface area (Å²) in [6.07, 6.45) is 3.35. The van der Waals surface area contributed by atoms with Crippen LogP contribution in [0.15, 0.2) is 77.1 Å². The average Bonchev–Trinajstić information content (AvgIpc) is 3.15. The van der Waals surface area contributed by atoms with Crippen molar-refractivity contribution in [3.05, 3.63) is 109 Å². The Kier molecular flexibility index (Phi) is 7.20. The summed E-state index contributed by atoms with van der Waals surface area (Å²) in [5.41, 5.74) is 6.97. The van der Waals surface area contributed by atoms with Crippen molar-refractivity contribution in [3.8, 4) is 5.69 Å². The number of aryl methyl sites for hydroxylation is 2. The lowest BCUT2D eigenvalue weighted by Gasteiger charge is -2.43. The maximum Gasteiger partial charge on any atom is 0.194 e. The molecule has 1 saturated carbocycles. The number of para-hydroxylation sites is 2. The van der Waals surface area contributed by atoms with Crippen molar-refractivity contribution in [2.24, 2.45) is 4.99 Å². The number of benzene rings is 3. The molecule has 0 spiro atoms. The van der Waals surface area contributed by atoms with Crippen molar-refractivity contribution in [2.45, 2.75) is 38.5 Å². The first-order chi connectivity index (χ1) is 15.5. The van der Waals surface area contributed by atoms with Gasteiger partial charge in [-0.2, -0.15) is 0 Å². The Bertz CT molecular complexity index is 1370. The molecular weight excluding hydrogens is 535 g/mol. The lowest BCUT2D eigenvalue weighted by Crippen LogP contribution is -2.38. The van der Waals surface area contributed by atoms with Crippen molar-refractivity contribution < 1.29 is 0 Å². The van der Waals surface area contributed by atoms with E-state index in [0.717, 1.165) is 23.3 Å². The first-order valence-electron chi connectivity index (χ1n) is 10.8. The summed E-state index contributed by atoms with van der Waals surface area (Å²) >= 11 is 14.4. The van der Waals surface area contributed by atoms with Crippen LogP contribution in [0.5, 0.6) is 0 Å². The molecule has 3 aromatic carbocycles. The van der Waals surface area contributed by atoms with Gasteiger partial charge in [0.1, 0.15) is 0 Å². The maximum absolute atomic E-state index is 6.45. The molecule has 0 amide bonds. The van der Waals surface area contributed by atoms with Crippen LogP contribution in [0.3, 0.4) is 0 Å². The highest BCUT2D eigenvalue weighted by Crippen LogP contribution is 2.50. The smallest absolute Gasteiger partial charge is 0.194 e. The number of halogens is 3. The minimum Gasteiger partial charge on any atom is -0.288 e. The highest BCUT2D eigenvalue weighted by molar-refractivity contribution is 8.93. The second-order valence-electron chi connectivity index (χ2n) is 8.49. The summed E-state index contributed by atoms with van der Waals surface area (Å²) in [6, 6.07) is 22.9. The molecule has 6 heteroatoms. The standard InChI is InChI=1S/C27H24Cl2N2S.BrH/c1-18-8-3-5-10-23(18)30-26-31(24-11-6-4-9-19(24)2)25(17-32-26)27(14-7-15-27)20-12-13-21(28)22(29)16-20;/h3-6,8-13,16-17H,7,14-15H2,1-2H3;1H/b30-26+;. The van der Waals surface area contributed by atoms with Gasteiger partial charge in [0.2, 0.25) is 0 Å². The molecule has 0 atom stereocenters. The van der Waals surface area contributed by atoms with Gasteiger partial charge in [0, 0.05) is 16.5 Å². The first-order valence-corrected chi connectivity index (χ1v) is 12.5. The molecule has 4 aromatic rings. The molecule has 0 radical (unpaired) electrons. The summed E-state index contributed by atoms with van der Waals surface area (Å²) in [5.74, 6) is 0. The fourth-order valence-electron chi connectivity index (χ4n) is 4.58. The van der Waals surface area contributed by atoms with Crippen LogP contribution >= 0.6 is 51.5 Å². The van der Waals surface area contributed by atoms with Gasteiger partial charge in [-0.15, -0.1) is 28.3 Å². The molecule has 1 heterocycles. The maximum atomic E-state index is 6.45. The van der Waals surface area contributed by atoms with Gasteiger partial charge in [0.15, 0.2) is 4.80 Å². The Morgan fingerprint density at radius 3 is 2.21 bits per heavy atom. The second kappa shape index (κ2) is 9.79. The topological polar surface area (TPSA) is 17.3 Å². The number of hydrogen-bond acceptors (Lipinski definition) is 2. The van der Waals surface area contributed by atoms with Crippen LogP contribution in [-0.4, -0.2) is 4.57 Å². The molecule has 1 aliphatic rings. The molecule has 1 fully saturated rings. The van der Waals surface area contributed by atoms with Gasteiger partial charge in [0.25, 0.3) is 0 Å². The minimum atomic E-state index is -0.0908. The zero-order valence-corrected chi connectivity index (χ0v) is 22.6. The van der Waals surface area contributed by atoms with Gasteiger partial charge < -0.3 is 0 Å². The third-order valence-corrected chi connectivity index (χ3v) is 8.13. The number of aromatic nitrogens is 1. The van der Waals surface area contributed by atoms with Gasteiger partial charge in [-0.05, 0) is 67.6 Å². The van der Waals surface area contributed by atoms with Crippen molar-refractivity contribution in [1.29, 1.82) is 0 Å². The first kappa shape index (κ1) is 24.3. The normalized spacial score (nSPS) is 15.1. The van der Waals surface area contributed by atoms with E-state index in [9.17, 15) is 0 Å². The van der Waals surface area contributed by atoms with E-state index in [4.69, 9.17) is 28.2 Å². The zero-order valence-electron chi connectivity index (χ0n) is 18.5. The van der Waals surface area contributed by atoms with Gasteiger partial charge in [-0.1, -0.05) is 72.1 Å². The highest BCUT2D eigenvalue weighted by Gasteiger charge is 2.43. The fraction of sp³-hybridized carbons (Fsp3) is 0.222. The number of thiazole rings is 1. The van der Waals surface area contributed by atoms with Crippen LogP contribution in [0.1, 0.15) is 41.6 Å². The summed E-state index contributed by atoms with van der Waals surface area (Å²) < 4.78 is 2.36. The Balaban J connectivity index is 0.00000259. The SMILES string of the molecule is Br.Cc1ccccc1/N=c1/scc(C2(c3ccc(Cl)c(Cl)c3)CCC2)n1-c1ccccc1C. The van der Waals surface area contributed by atoms with E-state index in [0.29, 0.717) is 10.0 Å². The molecular formula is C27H25BrCl2N2S. The Morgan fingerprint density at radius 1 is 0.879 bits per heavy atom. The predicted octanol–water partition coefficient (Wildman–Crippen LogP) is 8.74. The predicted molar refractivity (Wildman–Crippen MR) is 146 cm³/mol. The monoisotopic (exact) mass is 558 g/mol. The van der Waals surface area contributed by atoms with Crippen LogP contribution in [0.4, 0.5) is 5.69 Å². The highest BCUT2D eigenvalue weighted by atomic mass is 79.9. The van der Waals surface area contributed by atoms with Gasteiger partial charge in [-0.25, -0.2) is 4.99 Å². The lowest BCUT2D eigenvalue weighted by atomic mass is 9.62. The van der Waals surface area contributed by atoms with Crippen molar-refractivity contribution in [2.75, 3.05) is 0 Å². The molecule has 0 saturated heterocycles. The third kappa shape index (κ3) is 4.35. The van der Waals surface area contributed by atoms with E-state index in [-0.39, 0.29) is 22.4 Å². The molecule has 0 aliphatic heterocycles. The molecule has 2 nitrogen and oxygen atoms in total. The number of hydrogen-bond donors (Lipinski definition) is 0. The molecule has 1 aromatic heterocycles. The van der Waals surface area contributed by atoms with Gasteiger partial charge in [0.05, 0.1) is 21.4 Å². The van der Waals surface area contributed by atoms with Crippen LogP contribution in [0, 0.1) is 13.8 Å². The summed E-state index contributed by atoms with van der Waals surface area (Å²) in [5, 5.41) is 3.49. The Hall–Kier alpha value is -1.85. The van der Waals surface area contributed by atoms with Gasteiger partial charge in [-0.3, -0.25) is 4.57 Å². The van der Waals surface area contributed by atoms with Crippen LogP contribution in [0.25, 0.3) is 5.69 Å². The molecule has 1 aliphatic carbocycles. The van der Waals surface area contributed by atoms with Crippen LogP contribution in [0.2, 0.25) is 10.0 Å². The van der Waals surface area contributed by atoms with Crippen LogP contribution in [-0.2, 0) is 5.41 Å². The lowest BCUT2D eigenvalue weighted by molar-refractivity contribution is 0.289. The summed E-state index contributed by atoms with van der Waals surface area (Å²) in [4.78, 5) is 6.09. The summed E-state index contributed by atoms with van der Waals surface area (Å²) in [7, 11) is 0. The zero-order chi connectivity index (χ0) is 22.3.